The maximum absolute atomic E-state index is 10.4. The first kappa shape index (κ1) is 10.8. The van der Waals surface area contributed by atoms with Gasteiger partial charge in [0, 0.05) is 0 Å². The number of hydrazine groups is 1. The molecule has 0 aromatic carbocycles. The molecule has 0 aliphatic rings. The van der Waals surface area contributed by atoms with Crippen LogP contribution in [0.25, 0.3) is 0 Å². The maximum Gasteiger partial charge on any atom is 0.337 e. The number of hydrogen-bond donors (Lipinski definition) is 6. The Morgan fingerprint density at radius 2 is 1.92 bits per heavy atom. The van der Waals surface area contributed by atoms with Crippen LogP contribution in [-0.2, 0) is 9.59 Å². The number of rotatable bonds is 4. The average molecular weight is 179 g/mol. The molecule has 70 valence electrons. The first-order valence-electron chi connectivity index (χ1n) is 2.77. The zero-order valence-electron chi connectivity index (χ0n) is 5.89. The zero-order valence-corrected chi connectivity index (χ0v) is 5.89. The van der Waals surface area contributed by atoms with Gasteiger partial charge in [-0.3, -0.25) is 10.6 Å². The van der Waals surface area contributed by atoms with Gasteiger partial charge in [-0.2, -0.15) is 0 Å². The molecule has 2 unspecified atom stereocenters. The summed E-state index contributed by atoms with van der Waals surface area (Å²) < 4.78 is 0. The molecule has 8 heteroatoms. The first-order chi connectivity index (χ1) is 5.36. The van der Waals surface area contributed by atoms with E-state index in [0.717, 1.165) is 0 Å². The van der Waals surface area contributed by atoms with Gasteiger partial charge in [0.1, 0.15) is 0 Å². The summed E-state index contributed by atoms with van der Waals surface area (Å²) in [6.45, 7) is 0. The van der Waals surface area contributed by atoms with Crippen molar-refractivity contribution in [2.45, 2.75) is 11.8 Å². The minimum Gasteiger partial charge on any atom is -0.479 e. The van der Waals surface area contributed by atoms with Gasteiger partial charge in [0.05, 0.1) is 0 Å². The Labute approximate surface area is 66.7 Å². The summed E-state index contributed by atoms with van der Waals surface area (Å²) in [7, 11) is 0. The number of carboxylic acid groups (broad SMARTS) is 1. The molecule has 12 heavy (non-hydrogen) atoms. The van der Waals surface area contributed by atoms with Gasteiger partial charge in [0.2, 0.25) is 11.8 Å². The number of carbonyl (C=O) groups excluding carboxylic acids is 1. The fourth-order valence-electron chi connectivity index (χ4n) is 0.464. The van der Waals surface area contributed by atoms with Crippen LogP contribution in [0.4, 0.5) is 0 Å². The Bertz CT molecular complexity index is 207. The lowest BCUT2D eigenvalue weighted by Crippen LogP contribution is -2.67. The lowest BCUT2D eigenvalue weighted by molar-refractivity contribution is -0.175. The number of amides is 1. The number of nitrogens with two attached hydrogens (primary N) is 2. The molecular formula is C4H9N3O5. The van der Waals surface area contributed by atoms with Crippen LogP contribution in [0.3, 0.4) is 0 Å². The monoisotopic (exact) mass is 179 g/mol. The molecule has 0 radical (unpaired) electrons. The van der Waals surface area contributed by atoms with Crippen LogP contribution in [0, 0.1) is 0 Å². The Hall–Kier alpha value is -1.22. The van der Waals surface area contributed by atoms with Gasteiger partial charge in [-0.15, -0.1) is 0 Å². The topological polar surface area (TPSA) is 159 Å². The van der Waals surface area contributed by atoms with E-state index in [-0.39, 0.29) is 0 Å². The Balaban J connectivity index is 4.75. The standard InChI is InChI=1S/C4H9N3O5/c5-3(11)4(12,7-6)1(8)2(9)10/h1,7-8,12H,6H2,(H2,5,11)(H,9,10). The second-order valence-electron chi connectivity index (χ2n) is 2.02. The van der Waals surface area contributed by atoms with Crippen molar-refractivity contribution >= 4 is 11.9 Å². The summed E-state index contributed by atoms with van der Waals surface area (Å²) in [5.41, 5.74) is 3.12. The minimum atomic E-state index is -2.86. The van der Waals surface area contributed by atoms with Crippen LogP contribution in [-0.4, -0.2) is 39.0 Å². The summed E-state index contributed by atoms with van der Waals surface area (Å²) in [6.07, 6.45) is -2.42. The summed E-state index contributed by atoms with van der Waals surface area (Å²) in [5.74, 6) is 1.31. The predicted octanol–water partition coefficient (Wildman–Crippen LogP) is -3.93. The fourth-order valence-corrected chi connectivity index (χ4v) is 0.464. The van der Waals surface area contributed by atoms with Gasteiger partial charge in [0.25, 0.3) is 5.91 Å². The molecule has 0 aliphatic carbocycles. The van der Waals surface area contributed by atoms with E-state index in [1.54, 1.807) is 0 Å². The van der Waals surface area contributed by atoms with Crippen LogP contribution >= 0.6 is 0 Å². The molecule has 0 fully saturated rings. The molecule has 1 amide bonds. The van der Waals surface area contributed by atoms with Crippen molar-refractivity contribution in [3.8, 4) is 0 Å². The molecule has 0 saturated carbocycles. The SMILES string of the molecule is NNC(O)(C(N)=O)C(O)C(=O)O. The third kappa shape index (κ3) is 1.68. The highest BCUT2D eigenvalue weighted by Gasteiger charge is 2.45. The molecule has 8 nitrogen and oxygen atoms in total. The third-order valence-corrected chi connectivity index (χ3v) is 1.23. The van der Waals surface area contributed by atoms with Crippen LogP contribution < -0.4 is 17.0 Å². The Morgan fingerprint density at radius 3 is 2.00 bits per heavy atom. The summed E-state index contributed by atoms with van der Waals surface area (Å²) in [4.78, 5) is 20.5. The number of nitrogens with one attached hydrogen (secondary N) is 1. The highest BCUT2D eigenvalue weighted by atomic mass is 16.4. The smallest absolute Gasteiger partial charge is 0.337 e. The van der Waals surface area contributed by atoms with E-state index in [4.69, 9.17) is 15.3 Å². The van der Waals surface area contributed by atoms with Gasteiger partial charge < -0.3 is 21.1 Å². The number of aliphatic carboxylic acids is 1. The van der Waals surface area contributed by atoms with E-state index in [1.165, 1.54) is 5.43 Å². The highest BCUT2D eigenvalue weighted by molar-refractivity contribution is 5.90. The molecular weight excluding hydrogens is 170 g/mol. The Morgan fingerprint density at radius 1 is 1.50 bits per heavy atom. The van der Waals surface area contributed by atoms with Crippen LogP contribution in [0.15, 0.2) is 0 Å². The normalized spacial score (nSPS) is 17.9. The number of carbonyl (C=O) groups is 2. The molecule has 0 heterocycles. The van der Waals surface area contributed by atoms with Crippen molar-refractivity contribution in [2.24, 2.45) is 11.6 Å². The van der Waals surface area contributed by atoms with E-state index in [1.807, 2.05) is 0 Å². The predicted molar refractivity (Wildman–Crippen MR) is 35.1 cm³/mol. The van der Waals surface area contributed by atoms with Gasteiger partial charge in [-0.25, -0.2) is 10.2 Å². The van der Waals surface area contributed by atoms with Crippen molar-refractivity contribution in [1.29, 1.82) is 0 Å². The number of aliphatic hydroxyl groups excluding tert-OH is 1. The van der Waals surface area contributed by atoms with Crippen LogP contribution in [0.2, 0.25) is 0 Å². The van der Waals surface area contributed by atoms with E-state index >= 15 is 0 Å². The average Bonchev–Trinajstić information content (AvgIpc) is 2.01. The van der Waals surface area contributed by atoms with Gasteiger partial charge in [0.15, 0.2) is 0 Å². The zero-order chi connectivity index (χ0) is 9.94. The van der Waals surface area contributed by atoms with Crippen molar-refractivity contribution in [3.63, 3.8) is 0 Å². The molecule has 0 aromatic heterocycles. The van der Waals surface area contributed by atoms with Crippen LogP contribution in [0.5, 0.6) is 0 Å². The molecule has 0 bridgehead atoms. The van der Waals surface area contributed by atoms with Crippen molar-refractivity contribution in [1.82, 2.24) is 5.43 Å². The van der Waals surface area contributed by atoms with Crippen molar-refractivity contribution in [3.05, 3.63) is 0 Å². The third-order valence-electron chi connectivity index (χ3n) is 1.23. The van der Waals surface area contributed by atoms with Gasteiger partial charge in [-0.05, 0) is 0 Å². The summed E-state index contributed by atoms with van der Waals surface area (Å²) in [5, 5.41) is 25.9. The molecule has 0 aromatic rings. The lowest BCUT2D eigenvalue weighted by Gasteiger charge is -2.25. The number of carboxylic acids is 1. The molecule has 0 rings (SSSR count). The second kappa shape index (κ2) is 3.45. The van der Waals surface area contributed by atoms with Crippen molar-refractivity contribution in [2.75, 3.05) is 0 Å². The molecule has 0 aliphatic heterocycles. The number of aliphatic hydroxyl groups is 2. The van der Waals surface area contributed by atoms with Crippen molar-refractivity contribution < 1.29 is 24.9 Å². The van der Waals surface area contributed by atoms with E-state index < -0.39 is 23.7 Å². The molecule has 8 N–H and O–H groups in total. The summed E-state index contributed by atoms with van der Waals surface area (Å²) in [6, 6.07) is 0. The quantitative estimate of drug-likeness (QED) is 0.146. The van der Waals surface area contributed by atoms with Gasteiger partial charge in [-0.1, -0.05) is 0 Å². The highest BCUT2D eigenvalue weighted by Crippen LogP contribution is 2.04. The van der Waals surface area contributed by atoms with E-state index in [0.29, 0.717) is 0 Å². The molecule has 0 spiro atoms. The largest absolute Gasteiger partial charge is 0.479 e. The summed E-state index contributed by atoms with van der Waals surface area (Å²) >= 11 is 0. The first-order valence-corrected chi connectivity index (χ1v) is 2.77. The molecule has 2 atom stereocenters. The van der Waals surface area contributed by atoms with Gasteiger partial charge >= 0.3 is 5.97 Å². The molecule has 0 saturated heterocycles. The lowest BCUT2D eigenvalue weighted by atomic mass is 10.1. The number of primary amides is 1. The fraction of sp³-hybridized carbons (Fsp3) is 0.500. The minimum absolute atomic E-state index is 1.41. The van der Waals surface area contributed by atoms with E-state index in [9.17, 15) is 9.59 Å². The van der Waals surface area contributed by atoms with E-state index in [2.05, 4.69) is 11.6 Å². The Kier molecular flexibility index (Phi) is 3.10. The number of hydrogen-bond acceptors (Lipinski definition) is 6. The second-order valence-corrected chi connectivity index (χ2v) is 2.02. The maximum atomic E-state index is 10.4. The van der Waals surface area contributed by atoms with Crippen LogP contribution in [0.1, 0.15) is 0 Å².